The van der Waals surface area contributed by atoms with Gasteiger partial charge in [0, 0.05) is 31.9 Å². The lowest BCUT2D eigenvalue weighted by Gasteiger charge is -2.37. The summed E-state index contributed by atoms with van der Waals surface area (Å²) in [5.74, 6) is -0.525. The van der Waals surface area contributed by atoms with Gasteiger partial charge in [0.25, 0.3) is 5.56 Å². The van der Waals surface area contributed by atoms with Gasteiger partial charge in [-0.2, -0.15) is 0 Å². The molecule has 1 aromatic heterocycles. The van der Waals surface area contributed by atoms with Gasteiger partial charge in [0.05, 0.1) is 10.9 Å². The number of carbonyl (C=O) groups is 1. The second kappa shape index (κ2) is 8.14. The molecular weight excluding hydrogens is 387 g/mol. The minimum Gasteiger partial charge on any atom is -0.368 e. The van der Waals surface area contributed by atoms with Crippen molar-refractivity contribution in [3.05, 3.63) is 75.2 Å². The Bertz CT molecular complexity index is 1180. The topological polar surface area (TPSA) is 78.4 Å². The van der Waals surface area contributed by atoms with Gasteiger partial charge in [-0.3, -0.25) is 9.59 Å². The molecule has 156 valence electrons. The molecule has 0 spiro atoms. The van der Waals surface area contributed by atoms with Crippen LogP contribution in [0.2, 0.25) is 0 Å². The molecule has 1 aliphatic rings. The van der Waals surface area contributed by atoms with Crippen molar-refractivity contribution in [1.29, 1.82) is 0 Å². The van der Waals surface area contributed by atoms with E-state index in [9.17, 15) is 18.8 Å². The van der Waals surface area contributed by atoms with Gasteiger partial charge >= 0.3 is 5.69 Å². The van der Waals surface area contributed by atoms with Crippen molar-refractivity contribution in [2.24, 2.45) is 0 Å². The molecule has 3 aromatic rings. The molecule has 0 aliphatic carbocycles. The Morgan fingerprint density at radius 2 is 1.70 bits per heavy atom. The normalized spacial score (nSPS) is 15.4. The fourth-order valence-electron chi connectivity index (χ4n) is 3.97. The van der Waals surface area contributed by atoms with Crippen LogP contribution < -0.4 is 16.1 Å². The Morgan fingerprint density at radius 1 is 1.03 bits per heavy atom. The van der Waals surface area contributed by atoms with E-state index >= 15 is 0 Å². The minimum absolute atomic E-state index is 0.237. The van der Waals surface area contributed by atoms with E-state index in [2.05, 4.69) is 9.88 Å². The molecular formula is C22H23FN4O3. The van der Waals surface area contributed by atoms with Gasteiger partial charge in [-0.15, -0.1) is 0 Å². The van der Waals surface area contributed by atoms with Crippen LogP contribution in [0.15, 0.2) is 58.1 Å². The number of nitrogens with zero attached hydrogens (tertiary/aromatic N) is 3. The summed E-state index contributed by atoms with van der Waals surface area (Å²) in [5.41, 5.74) is 0.319. The van der Waals surface area contributed by atoms with Crippen molar-refractivity contribution in [2.45, 2.75) is 19.4 Å². The van der Waals surface area contributed by atoms with Crippen LogP contribution in [-0.4, -0.2) is 46.5 Å². The Hall–Kier alpha value is -3.42. The number of aromatic amines is 1. The number of para-hydroxylation sites is 1. The summed E-state index contributed by atoms with van der Waals surface area (Å²) < 4.78 is 14.2. The zero-order chi connectivity index (χ0) is 21.3. The molecule has 4 rings (SSSR count). The molecule has 0 bridgehead atoms. The quantitative estimate of drug-likeness (QED) is 0.715. The minimum atomic E-state index is -0.858. The second-order valence-electron chi connectivity index (χ2n) is 7.36. The maximum Gasteiger partial charge on any atom is 0.329 e. The third-order valence-corrected chi connectivity index (χ3v) is 5.60. The van der Waals surface area contributed by atoms with Crippen molar-refractivity contribution < 1.29 is 9.18 Å². The first-order chi connectivity index (χ1) is 14.5. The molecule has 30 heavy (non-hydrogen) atoms. The van der Waals surface area contributed by atoms with Gasteiger partial charge in [0.2, 0.25) is 5.91 Å². The van der Waals surface area contributed by atoms with Gasteiger partial charge in [0.15, 0.2) is 0 Å². The molecule has 1 aliphatic heterocycles. The highest BCUT2D eigenvalue weighted by atomic mass is 19.1. The summed E-state index contributed by atoms with van der Waals surface area (Å²) >= 11 is 0. The van der Waals surface area contributed by atoms with Crippen LogP contribution >= 0.6 is 0 Å². The second-order valence-corrected chi connectivity index (χ2v) is 7.36. The zero-order valence-electron chi connectivity index (χ0n) is 16.7. The molecule has 1 atom stereocenters. The lowest BCUT2D eigenvalue weighted by molar-refractivity contribution is -0.135. The van der Waals surface area contributed by atoms with Crippen LogP contribution in [0.1, 0.15) is 19.4 Å². The standard InChI is InChI=1S/C22H23FN4O3/c1-2-19(27-20(28)17-5-3-4-6-18(17)24-22(27)30)21(29)26-13-11-25(12-14-26)16-9-7-15(23)8-10-16/h3-10,19H,2,11-14H2,1H3,(H,24,30). The van der Waals surface area contributed by atoms with Crippen LogP contribution in [0.3, 0.4) is 0 Å². The number of H-pyrrole nitrogens is 1. The molecule has 1 N–H and O–H groups in total. The number of amides is 1. The number of aromatic nitrogens is 2. The van der Waals surface area contributed by atoms with E-state index in [0.29, 0.717) is 43.5 Å². The van der Waals surface area contributed by atoms with Gasteiger partial charge in [-0.25, -0.2) is 13.8 Å². The summed E-state index contributed by atoms with van der Waals surface area (Å²) in [5, 5.41) is 0.379. The molecule has 1 saturated heterocycles. The van der Waals surface area contributed by atoms with Gasteiger partial charge < -0.3 is 14.8 Å². The SMILES string of the molecule is CCC(C(=O)N1CCN(c2ccc(F)cc2)CC1)n1c(=O)[nH]c2ccccc2c1=O. The summed E-state index contributed by atoms with van der Waals surface area (Å²) in [6, 6.07) is 12.2. The van der Waals surface area contributed by atoms with E-state index < -0.39 is 17.3 Å². The number of halogens is 1. The van der Waals surface area contributed by atoms with Crippen LogP contribution in [0, 0.1) is 5.82 Å². The van der Waals surface area contributed by atoms with E-state index in [1.807, 2.05) is 0 Å². The van der Waals surface area contributed by atoms with E-state index in [1.54, 1.807) is 48.2 Å². The lowest BCUT2D eigenvalue weighted by Crippen LogP contribution is -2.52. The van der Waals surface area contributed by atoms with E-state index in [0.717, 1.165) is 10.3 Å². The predicted molar refractivity (Wildman–Crippen MR) is 113 cm³/mol. The van der Waals surface area contributed by atoms with Crippen LogP contribution in [0.4, 0.5) is 10.1 Å². The fourth-order valence-corrected chi connectivity index (χ4v) is 3.97. The number of hydrogen-bond acceptors (Lipinski definition) is 4. The van der Waals surface area contributed by atoms with Crippen molar-refractivity contribution in [3.63, 3.8) is 0 Å². The van der Waals surface area contributed by atoms with Gasteiger partial charge in [-0.1, -0.05) is 19.1 Å². The summed E-state index contributed by atoms with van der Waals surface area (Å²) in [6.07, 6.45) is 0.332. The smallest absolute Gasteiger partial charge is 0.329 e. The Morgan fingerprint density at radius 3 is 2.37 bits per heavy atom. The van der Waals surface area contributed by atoms with Crippen molar-refractivity contribution >= 4 is 22.5 Å². The molecule has 1 fully saturated rings. The third-order valence-electron chi connectivity index (χ3n) is 5.60. The number of carbonyl (C=O) groups excluding carboxylic acids is 1. The first kappa shape index (κ1) is 19.9. The van der Waals surface area contributed by atoms with E-state index in [4.69, 9.17) is 0 Å². The van der Waals surface area contributed by atoms with E-state index in [-0.39, 0.29) is 11.7 Å². The molecule has 2 heterocycles. The van der Waals surface area contributed by atoms with E-state index in [1.165, 1.54) is 12.1 Å². The number of hydrogen-bond donors (Lipinski definition) is 1. The fraction of sp³-hybridized carbons (Fsp3) is 0.318. The monoisotopic (exact) mass is 410 g/mol. The van der Waals surface area contributed by atoms with Gasteiger partial charge in [0.1, 0.15) is 11.9 Å². The molecule has 1 amide bonds. The average Bonchev–Trinajstić information content (AvgIpc) is 2.77. The Kier molecular flexibility index (Phi) is 5.39. The average molecular weight is 410 g/mol. The highest BCUT2D eigenvalue weighted by Gasteiger charge is 2.30. The number of anilines is 1. The zero-order valence-corrected chi connectivity index (χ0v) is 16.7. The number of fused-ring (bicyclic) bond motifs is 1. The highest BCUT2D eigenvalue weighted by Crippen LogP contribution is 2.19. The largest absolute Gasteiger partial charge is 0.368 e. The number of nitrogens with one attached hydrogen (secondary N) is 1. The maximum atomic E-state index is 13.2. The molecule has 8 heteroatoms. The summed E-state index contributed by atoms with van der Waals surface area (Å²) in [6.45, 7) is 3.91. The predicted octanol–water partition coefficient (Wildman–Crippen LogP) is 2.13. The number of benzene rings is 2. The van der Waals surface area contributed by atoms with Crippen LogP contribution in [0.5, 0.6) is 0 Å². The third kappa shape index (κ3) is 3.60. The summed E-state index contributed by atoms with van der Waals surface area (Å²) in [4.78, 5) is 45.2. The molecule has 2 aromatic carbocycles. The van der Waals surface area contributed by atoms with Crippen LogP contribution in [-0.2, 0) is 4.79 Å². The molecule has 7 nitrogen and oxygen atoms in total. The first-order valence-corrected chi connectivity index (χ1v) is 10.0. The lowest BCUT2D eigenvalue weighted by atomic mass is 10.1. The van der Waals surface area contributed by atoms with Crippen LogP contribution in [0.25, 0.3) is 10.9 Å². The summed E-state index contributed by atoms with van der Waals surface area (Å²) in [7, 11) is 0. The maximum absolute atomic E-state index is 13.2. The molecule has 1 unspecified atom stereocenters. The first-order valence-electron chi connectivity index (χ1n) is 10.0. The molecule has 0 radical (unpaired) electrons. The number of rotatable bonds is 4. The van der Waals surface area contributed by atoms with Crippen molar-refractivity contribution in [3.8, 4) is 0 Å². The molecule has 0 saturated carbocycles. The highest BCUT2D eigenvalue weighted by molar-refractivity contribution is 5.82. The van der Waals surface area contributed by atoms with Crippen molar-refractivity contribution in [2.75, 3.05) is 31.1 Å². The van der Waals surface area contributed by atoms with Gasteiger partial charge in [-0.05, 0) is 42.8 Å². The Labute approximate surface area is 172 Å². The Balaban J connectivity index is 1.56. The number of piperazine rings is 1. The van der Waals surface area contributed by atoms with Crippen molar-refractivity contribution in [1.82, 2.24) is 14.5 Å².